The van der Waals surface area contributed by atoms with E-state index in [0.29, 0.717) is 6.61 Å². The lowest BCUT2D eigenvalue weighted by Crippen LogP contribution is -2.06. The summed E-state index contributed by atoms with van der Waals surface area (Å²) in [5, 5.41) is 0. The summed E-state index contributed by atoms with van der Waals surface area (Å²) in [4.78, 5) is 0. The summed E-state index contributed by atoms with van der Waals surface area (Å²) in [6.07, 6.45) is 1.08. The van der Waals surface area contributed by atoms with E-state index in [4.69, 9.17) is 14.2 Å². The first-order valence-corrected chi connectivity index (χ1v) is 5.61. The second-order valence-corrected chi connectivity index (χ2v) is 3.84. The van der Waals surface area contributed by atoms with Crippen molar-refractivity contribution in [2.75, 3.05) is 20.3 Å². The average molecular weight is 224 g/mol. The molecule has 1 aromatic rings. The molecule has 0 atom stereocenters. The van der Waals surface area contributed by atoms with E-state index in [2.05, 4.69) is 0 Å². The van der Waals surface area contributed by atoms with Gasteiger partial charge in [0.1, 0.15) is 11.5 Å². The Bertz CT molecular complexity index is 297. The fourth-order valence-electron chi connectivity index (χ4n) is 1.30. The highest BCUT2D eigenvalue weighted by molar-refractivity contribution is 5.33. The third kappa shape index (κ3) is 5.03. The zero-order valence-electron chi connectivity index (χ0n) is 10.2. The number of ether oxygens (including phenoxy) is 3. The van der Waals surface area contributed by atoms with Gasteiger partial charge in [0, 0.05) is 26.2 Å². The zero-order valence-corrected chi connectivity index (χ0v) is 10.2. The molecular formula is C13H20O3. The highest BCUT2D eigenvalue weighted by atomic mass is 16.5. The first kappa shape index (κ1) is 12.8. The number of methoxy groups -OCH3 is 1. The molecule has 16 heavy (non-hydrogen) atoms. The van der Waals surface area contributed by atoms with Gasteiger partial charge in [-0.25, -0.2) is 0 Å². The van der Waals surface area contributed by atoms with E-state index in [9.17, 15) is 0 Å². The molecule has 0 aliphatic heterocycles. The molecule has 0 unspecified atom stereocenters. The topological polar surface area (TPSA) is 27.7 Å². The molecule has 0 amide bonds. The molecule has 0 fully saturated rings. The molecule has 0 spiro atoms. The van der Waals surface area contributed by atoms with Crippen LogP contribution >= 0.6 is 0 Å². The van der Waals surface area contributed by atoms with Gasteiger partial charge >= 0.3 is 0 Å². The van der Waals surface area contributed by atoms with Gasteiger partial charge in [-0.1, -0.05) is 6.07 Å². The SMILES string of the molecule is COCCCOc1cccc(OC(C)C)c1. The molecule has 0 bridgehead atoms. The Morgan fingerprint density at radius 1 is 1.12 bits per heavy atom. The molecule has 0 heterocycles. The van der Waals surface area contributed by atoms with Crippen molar-refractivity contribution in [3.8, 4) is 11.5 Å². The molecule has 0 aromatic heterocycles. The maximum atomic E-state index is 5.58. The fourth-order valence-corrected chi connectivity index (χ4v) is 1.30. The van der Waals surface area contributed by atoms with Crippen LogP contribution in [0.1, 0.15) is 20.3 Å². The molecule has 0 N–H and O–H groups in total. The van der Waals surface area contributed by atoms with Gasteiger partial charge in [0.25, 0.3) is 0 Å². The quantitative estimate of drug-likeness (QED) is 0.666. The molecular weight excluding hydrogens is 204 g/mol. The van der Waals surface area contributed by atoms with Crippen molar-refractivity contribution in [3.63, 3.8) is 0 Å². The van der Waals surface area contributed by atoms with Gasteiger partial charge in [-0.2, -0.15) is 0 Å². The first-order valence-electron chi connectivity index (χ1n) is 5.61. The smallest absolute Gasteiger partial charge is 0.123 e. The Labute approximate surface area is 97.3 Å². The van der Waals surface area contributed by atoms with Crippen LogP contribution in [0.5, 0.6) is 11.5 Å². The third-order valence-electron chi connectivity index (χ3n) is 1.94. The summed E-state index contributed by atoms with van der Waals surface area (Å²) in [6.45, 7) is 5.40. The lowest BCUT2D eigenvalue weighted by molar-refractivity contribution is 0.172. The highest BCUT2D eigenvalue weighted by Gasteiger charge is 1.99. The molecule has 1 aromatic carbocycles. The predicted molar refractivity (Wildman–Crippen MR) is 64.2 cm³/mol. The lowest BCUT2D eigenvalue weighted by atomic mass is 10.3. The molecule has 0 radical (unpaired) electrons. The van der Waals surface area contributed by atoms with Crippen molar-refractivity contribution in [3.05, 3.63) is 24.3 Å². The van der Waals surface area contributed by atoms with E-state index in [1.807, 2.05) is 38.1 Å². The van der Waals surface area contributed by atoms with Crippen molar-refractivity contribution in [2.45, 2.75) is 26.4 Å². The Balaban J connectivity index is 2.41. The van der Waals surface area contributed by atoms with Crippen molar-refractivity contribution in [2.24, 2.45) is 0 Å². The number of hydrogen-bond acceptors (Lipinski definition) is 3. The number of benzene rings is 1. The van der Waals surface area contributed by atoms with E-state index in [1.54, 1.807) is 7.11 Å². The Morgan fingerprint density at radius 3 is 2.56 bits per heavy atom. The molecule has 0 aliphatic carbocycles. The van der Waals surface area contributed by atoms with Gasteiger partial charge in [-0.3, -0.25) is 0 Å². The molecule has 90 valence electrons. The molecule has 1 rings (SSSR count). The Kier molecular flexibility index (Phi) is 5.72. The second-order valence-electron chi connectivity index (χ2n) is 3.84. The summed E-state index contributed by atoms with van der Waals surface area (Å²) in [5.74, 6) is 1.69. The summed E-state index contributed by atoms with van der Waals surface area (Å²) < 4.78 is 16.1. The van der Waals surface area contributed by atoms with Gasteiger partial charge in [0.05, 0.1) is 12.7 Å². The van der Waals surface area contributed by atoms with Crippen molar-refractivity contribution >= 4 is 0 Å². The maximum Gasteiger partial charge on any atom is 0.123 e. The highest BCUT2D eigenvalue weighted by Crippen LogP contribution is 2.20. The number of rotatable bonds is 7. The fraction of sp³-hybridized carbons (Fsp3) is 0.538. The Morgan fingerprint density at radius 2 is 1.88 bits per heavy atom. The van der Waals surface area contributed by atoms with Crippen LogP contribution < -0.4 is 9.47 Å². The molecule has 0 saturated carbocycles. The van der Waals surface area contributed by atoms with Gasteiger partial charge in [0.15, 0.2) is 0 Å². The monoisotopic (exact) mass is 224 g/mol. The van der Waals surface area contributed by atoms with E-state index < -0.39 is 0 Å². The summed E-state index contributed by atoms with van der Waals surface area (Å²) in [6, 6.07) is 7.71. The molecule has 0 saturated heterocycles. The zero-order chi connectivity index (χ0) is 11.8. The second kappa shape index (κ2) is 7.12. The minimum absolute atomic E-state index is 0.184. The van der Waals surface area contributed by atoms with Crippen LogP contribution in [-0.2, 0) is 4.74 Å². The third-order valence-corrected chi connectivity index (χ3v) is 1.94. The maximum absolute atomic E-state index is 5.58. The van der Waals surface area contributed by atoms with Crippen LogP contribution in [-0.4, -0.2) is 26.4 Å². The van der Waals surface area contributed by atoms with E-state index in [-0.39, 0.29) is 6.10 Å². The van der Waals surface area contributed by atoms with E-state index in [1.165, 1.54) is 0 Å². The summed E-state index contributed by atoms with van der Waals surface area (Å²) in [5.41, 5.74) is 0. The molecule has 3 heteroatoms. The number of hydrogen-bond donors (Lipinski definition) is 0. The van der Waals surface area contributed by atoms with Gasteiger partial charge < -0.3 is 14.2 Å². The minimum Gasteiger partial charge on any atom is -0.493 e. The normalized spacial score (nSPS) is 10.5. The van der Waals surface area contributed by atoms with Crippen LogP contribution in [0.15, 0.2) is 24.3 Å². The molecule has 3 nitrogen and oxygen atoms in total. The van der Waals surface area contributed by atoms with Crippen LogP contribution in [0, 0.1) is 0 Å². The van der Waals surface area contributed by atoms with E-state index >= 15 is 0 Å². The first-order chi connectivity index (χ1) is 7.72. The predicted octanol–water partition coefficient (Wildman–Crippen LogP) is 2.89. The van der Waals surface area contributed by atoms with Gasteiger partial charge in [-0.15, -0.1) is 0 Å². The average Bonchev–Trinajstić information content (AvgIpc) is 2.24. The standard InChI is InChI=1S/C13H20O3/c1-11(2)16-13-7-4-6-12(10-13)15-9-5-8-14-3/h4,6-7,10-11H,5,8-9H2,1-3H3. The van der Waals surface area contributed by atoms with Crippen LogP contribution in [0.3, 0.4) is 0 Å². The van der Waals surface area contributed by atoms with Crippen LogP contribution in [0.2, 0.25) is 0 Å². The van der Waals surface area contributed by atoms with Crippen LogP contribution in [0.4, 0.5) is 0 Å². The Hall–Kier alpha value is -1.22. The lowest BCUT2D eigenvalue weighted by Gasteiger charge is -2.11. The van der Waals surface area contributed by atoms with Gasteiger partial charge in [-0.05, 0) is 26.0 Å². The largest absolute Gasteiger partial charge is 0.493 e. The van der Waals surface area contributed by atoms with Crippen molar-refractivity contribution in [1.29, 1.82) is 0 Å². The molecule has 0 aliphatic rings. The minimum atomic E-state index is 0.184. The van der Waals surface area contributed by atoms with Crippen LogP contribution in [0.25, 0.3) is 0 Å². The summed E-state index contributed by atoms with van der Waals surface area (Å²) in [7, 11) is 1.69. The van der Waals surface area contributed by atoms with E-state index in [0.717, 1.165) is 24.5 Å². The van der Waals surface area contributed by atoms with Crippen molar-refractivity contribution in [1.82, 2.24) is 0 Å². The van der Waals surface area contributed by atoms with Gasteiger partial charge in [0.2, 0.25) is 0 Å². The summed E-state index contributed by atoms with van der Waals surface area (Å²) >= 11 is 0. The van der Waals surface area contributed by atoms with Crippen molar-refractivity contribution < 1.29 is 14.2 Å².